The average Bonchev–Trinajstić information content (AvgIpc) is 2.87. The Morgan fingerprint density at radius 1 is 1.50 bits per heavy atom. The Balaban J connectivity index is 2.04. The molecule has 0 radical (unpaired) electrons. The molecule has 2 amide bonds. The normalized spacial score (nSPS) is 15.5. The molecule has 0 unspecified atom stereocenters. The van der Waals surface area contributed by atoms with Crippen LogP contribution in [0.4, 0.5) is 10.5 Å². The van der Waals surface area contributed by atoms with Crippen LogP contribution in [-0.2, 0) is 13.5 Å². The van der Waals surface area contributed by atoms with Crippen LogP contribution in [0.3, 0.4) is 0 Å². The van der Waals surface area contributed by atoms with Crippen LogP contribution in [0.25, 0.3) is 0 Å². The number of hydrogen-bond acceptors (Lipinski definition) is 2. The topological polar surface area (TPSA) is 50.2 Å². The first-order valence-electron chi connectivity index (χ1n) is 5.79. The Morgan fingerprint density at radius 3 is 2.81 bits per heavy atom. The Kier molecular flexibility index (Phi) is 3.12. The molecule has 0 bridgehead atoms. The second-order valence-electron chi connectivity index (χ2n) is 4.14. The summed E-state index contributed by atoms with van der Waals surface area (Å²) in [5.41, 5.74) is 1.77. The summed E-state index contributed by atoms with van der Waals surface area (Å²) in [5, 5.41) is 7.22. The number of nitrogens with one attached hydrogen (secondary N) is 1. The first kappa shape index (κ1) is 11.0. The third-order valence-electron chi connectivity index (χ3n) is 2.88. The molecule has 1 aliphatic heterocycles. The van der Waals surface area contributed by atoms with E-state index in [1.807, 2.05) is 25.1 Å². The molecule has 0 spiro atoms. The molecule has 0 aliphatic carbocycles. The van der Waals surface area contributed by atoms with E-state index in [0.29, 0.717) is 0 Å². The van der Waals surface area contributed by atoms with Crippen molar-refractivity contribution in [2.45, 2.75) is 26.2 Å². The zero-order chi connectivity index (χ0) is 11.5. The average molecular weight is 222 g/mol. The molecule has 16 heavy (non-hydrogen) atoms. The van der Waals surface area contributed by atoms with Gasteiger partial charge in [0.25, 0.3) is 0 Å². The predicted octanol–water partition coefficient (Wildman–Crippen LogP) is 1.61. The zero-order valence-electron chi connectivity index (χ0n) is 9.86. The second kappa shape index (κ2) is 4.55. The van der Waals surface area contributed by atoms with Gasteiger partial charge >= 0.3 is 6.03 Å². The van der Waals surface area contributed by atoms with Gasteiger partial charge in [0, 0.05) is 26.3 Å². The molecular formula is C11H18N4O. The molecule has 1 saturated heterocycles. The number of nitrogens with zero attached hydrogens (tertiary/aromatic N) is 3. The number of carbonyl (C=O) groups excluding carboxylic acids is 1. The van der Waals surface area contributed by atoms with Gasteiger partial charge in [0.1, 0.15) is 0 Å². The first-order chi connectivity index (χ1) is 7.70. The number of amides is 2. The maximum absolute atomic E-state index is 11.9. The van der Waals surface area contributed by atoms with E-state index < -0.39 is 0 Å². The fraction of sp³-hybridized carbons (Fsp3) is 0.636. The molecule has 1 aromatic heterocycles. The van der Waals surface area contributed by atoms with Gasteiger partial charge in [-0.2, -0.15) is 5.10 Å². The van der Waals surface area contributed by atoms with Crippen molar-refractivity contribution < 1.29 is 4.79 Å². The first-order valence-corrected chi connectivity index (χ1v) is 5.79. The van der Waals surface area contributed by atoms with Gasteiger partial charge < -0.3 is 10.2 Å². The van der Waals surface area contributed by atoms with Crippen LogP contribution in [-0.4, -0.2) is 33.8 Å². The third kappa shape index (κ3) is 2.18. The Morgan fingerprint density at radius 2 is 2.19 bits per heavy atom. The Labute approximate surface area is 95.4 Å². The summed E-state index contributed by atoms with van der Waals surface area (Å²) in [5.74, 6) is 0. The number of hydrogen-bond donors (Lipinski definition) is 1. The quantitative estimate of drug-likeness (QED) is 0.826. The number of aryl methyl sites for hydroxylation is 2. The molecule has 2 rings (SSSR count). The standard InChI is InChI=1S/C11H18N4O/c1-3-9-10(8-14(2)13-9)12-11(16)15-6-4-5-7-15/h8H,3-7H2,1-2H3,(H,12,16). The van der Waals surface area contributed by atoms with Gasteiger partial charge in [0.2, 0.25) is 0 Å². The predicted molar refractivity (Wildman–Crippen MR) is 62.4 cm³/mol. The van der Waals surface area contributed by atoms with Crippen molar-refractivity contribution in [1.29, 1.82) is 0 Å². The van der Waals surface area contributed by atoms with E-state index in [2.05, 4.69) is 10.4 Å². The lowest BCUT2D eigenvalue weighted by Gasteiger charge is -2.15. The number of rotatable bonds is 2. The van der Waals surface area contributed by atoms with Crippen LogP contribution in [0.1, 0.15) is 25.5 Å². The SMILES string of the molecule is CCc1nn(C)cc1NC(=O)N1CCCC1. The van der Waals surface area contributed by atoms with Crippen molar-refractivity contribution in [3.8, 4) is 0 Å². The summed E-state index contributed by atoms with van der Waals surface area (Å²) in [4.78, 5) is 13.7. The molecule has 1 N–H and O–H groups in total. The molecule has 0 saturated carbocycles. The van der Waals surface area contributed by atoms with E-state index in [1.54, 1.807) is 4.68 Å². The maximum Gasteiger partial charge on any atom is 0.321 e. The van der Waals surface area contributed by atoms with Crippen LogP contribution in [0.2, 0.25) is 0 Å². The van der Waals surface area contributed by atoms with E-state index in [0.717, 1.165) is 43.7 Å². The zero-order valence-corrected chi connectivity index (χ0v) is 9.86. The van der Waals surface area contributed by atoms with E-state index in [9.17, 15) is 4.79 Å². The van der Waals surface area contributed by atoms with Crippen molar-refractivity contribution in [3.63, 3.8) is 0 Å². The highest BCUT2D eigenvalue weighted by molar-refractivity contribution is 5.89. The molecule has 88 valence electrons. The number of aromatic nitrogens is 2. The largest absolute Gasteiger partial charge is 0.325 e. The fourth-order valence-electron chi connectivity index (χ4n) is 2.01. The third-order valence-corrected chi connectivity index (χ3v) is 2.88. The van der Waals surface area contributed by atoms with E-state index in [4.69, 9.17) is 0 Å². The second-order valence-corrected chi connectivity index (χ2v) is 4.14. The summed E-state index contributed by atoms with van der Waals surface area (Å²) < 4.78 is 1.73. The molecule has 1 aliphatic rings. The number of urea groups is 1. The van der Waals surface area contributed by atoms with Crippen LogP contribution in [0.5, 0.6) is 0 Å². The highest BCUT2D eigenvalue weighted by atomic mass is 16.2. The summed E-state index contributed by atoms with van der Waals surface area (Å²) in [6, 6.07) is 0.000185. The molecule has 1 aromatic rings. The molecule has 0 aromatic carbocycles. The lowest BCUT2D eigenvalue weighted by atomic mass is 10.3. The van der Waals surface area contributed by atoms with Crippen molar-refractivity contribution in [2.75, 3.05) is 18.4 Å². The Hall–Kier alpha value is -1.52. The van der Waals surface area contributed by atoms with Crippen molar-refractivity contribution >= 4 is 11.7 Å². The highest BCUT2D eigenvalue weighted by Crippen LogP contribution is 2.16. The van der Waals surface area contributed by atoms with Gasteiger partial charge in [0.05, 0.1) is 11.4 Å². The molecular weight excluding hydrogens is 204 g/mol. The smallest absolute Gasteiger partial charge is 0.321 e. The lowest BCUT2D eigenvalue weighted by molar-refractivity contribution is 0.222. The maximum atomic E-state index is 11.9. The fourth-order valence-corrected chi connectivity index (χ4v) is 2.01. The van der Waals surface area contributed by atoms with Gasteiger partial charge in [-0.1, -0.05) is 6.92 Å². The van der Waals surface area contributed by atoms with Crippen LogP contribution in [0, 0.1) is 0 Å². The summed E-state index contributed by atoms with van der Waals surface area (Å²) in [6.45, 7) is 3.77. The van der Waals surface area contributed by atoms with Gasteiger partial charge in [-0.25, -0.2) is 4.79 Å². The summed E-state index contributed by atoms with van der Waals surface area (Å²) in [6.07, 6.45) is 4.91. The Bertz CT molecular complexity index is 379. The monoisotopic (exact) mass is 222 g/mol. The molecule has 5 heteroatoms. The lowest BCUT2D eigenvalue weighted by Crippen LogP contribution is -2.32. The van der Waals surface area contributed by atoms with Crippen molar-refractivity contribution in [3.05, 3.63) is 11.9 Å². The number of anilines is 1. The van der Waals surface area contributed by atoms with E-state index in [-0.39, 0.29) is 6.03 Å². The summed E-state index contributed by atoms with van der Waals surface area (Å²) in [7, 11) is 1.87. The minimum Gasteiger partial charge on any atom is -0.325 e. The summed E-state index contributed by atoms with van der Waals surface area (Å²) >= 11 is 0. The van der Waals surface area contributed by atoms with Crippen LogP contribution < -0.4 is 5.32 Å². The van der Waals surface area contributed by atoms with Gasteiger partial charge in [-0.15, -0.1) is 0 Å². The molecule has 2 heterocycles. The number of likely N-dealkylation sites (tertiary alicyclic amines) is 1. The molecule has 0 atom stereocenters. The van der Waals surface area contributed by atoms with Crippen LogP contribution >= 0.6 is 0 Å². The molecule has 5 nitrogen and oxygen atoms in total. The van der Waals surface area contributed by atoms with Gasteiger partial charge in [0.15, 0.2) is 0 Å². The molecule has 1 fully saturated rings. The van der Waals surface area contributed by atoms with Gasteiger partial charge in [-0.3, -0.25) is 4.68 Å². The number of carbonyl (C=O) groups is 1. The van der Waals surface area contributed by atoms with Gasteiger partial charge in [-0.05, 0) is 19.3 Å². The van der Waals surface area contributed by atoms with Crippen molar-refractivity contribution in [2.24, 2.45) is 7.05 Å². The highest BCUT2D eigenvalue weighted by Gasteiger charge is 2.19. The van der Waals surface area contributed by atoms with E-state index >= 15 is 0 Å². The minimum absolute atomic E-state index is 0.000185. The van der Waals surface area contributed by atoms with Crippen LogP contribution in [0.15, 0.2) is 6.20 Å². The van der Waals surface area contributed by atoms with E-state index in [1.165, 1.54) is 0 Å². The minimum atomic E-state index is 0.000185. The van der Waals surface area contributed by atoms with Crippen molar-refractivity contribution in [1.82, 2.24) is 14.7 Å².